The number of hydrogen-bond acceptors (Lipinski definition) is 2. The Morgan fingerprint density at radius 1 is 1.39 bits per heavy atom. The van der Waals surface area contributed by atoms with E-state index in [0.717, 1.165) is 35.1 Å². The van der Waals surface area contributed by atoms with E-state index in [9.17, 15) is 0 Å². The van der Waals surface area contributed by atoms with Crippen molar-refractivity contribution in [3.63, 3.8) is 0 Å². The molecule has 4 heteroatoms. The van der Waals surface area contributed by atoms with Crippen molar-refractivity contribution in [1.82, 2.24) is 14.9 Å². The van der Waals surface area contributed by atoms with Crippen molar-refractivity contribution in [2.24, 2.45) is 7.05 Å². The zero-order valence-electron chi connectivity index (χ0n) is 11.0. The van der Waals surface area contributed by atoms with Crippen molar-refractivity contribution in [2.45, 2.75) is 13.3 Å². The van der Waals surface area contributed by atoms with Crippen LogP contribution in [0.25, 0.3) is 11.3 Å². The molecule has 0 aliphatic heterocycles. The summed E-state index contributed by atoms with van der Waals surface area (Å²) in [6.07, 6.45) is 0.925. The Morgan fingerprint density at radius 3 is 2.83 bits per heavy atom. The van der Waals surface area contributed by atoms with Crippen LogP contribution in [0.2, 0.25) is 5.02 Å². The maximum Gasteiger partial charge on any atom is 0.110 e. The van der Waals surface area contributed by atoms with Crippen LogP contribution in [0.3, 0.4) is 0 Å². The van der Waals surface area contributed by atoms with Gasteiger partial charge in [0.05, 0.1) is 5.69 Å². The monoisotopic (exact) mass is 263 g/mol. The lowest BCUT2D eigenvalue weighted by Gasteiger charge is -2.02. The number of hydrogen-bond donors (Lipinski definition) is 1. The van der Waals surface area contributed by atoms with Gasteiger partial charge >= 0.3 is 0 Å². The van der Waals surface area contributed by atoms with Gasteiger partial charge in [-0.15, -0.1) is 0 Å². The van der Waals surface area contributed by atoms with E-state index in [2.05, 4.69) is 23.9 Å². The van der Waals surface area contributed by atoms with Crippen LogP contribution in [0, 0.1) is 6.92 Å². The van der Waals surface area contributed by atoms with Gasteiger partial charge in [-0.05, 0) is 26.1 Å². The van der Waals surface area contributed by atoms with Crippen LogP contribution in [-0.4, -0.2) is 23.1 Å². The first kappa shape index (κ1) is 13.1. The quantitative estimate of drug-likeness (QED) is 0.919. The summed E-state index contributed by atoms with van der Waals surface area (Å²) in [4.78, 5) is 4.72. The van der Waals surface area contributed by atoms with Crippen LogP contribution in [0.4, 0.5) is 0 Å². The van der Waals surface area contributed by atoms with Crippen molar-refractivity contribution in [3.8, 4) is 11.3 Å². The first-order chi connectivity index (χ1) is 8.63. The van der Waals surface area contributed by atoms with Crippen LogP contribution >= 0.6 is 11.6 Å². The minimum atomic E-state index is 0.745. The Hall–Kier alpha value is -1.32. The summed E-state index contributed by atoms with van der Waals surface area (Å²) in [5, 5.41) is 3.89. The van der Waals surface area contributed by atoms with Gasteiger partial charge in [0.1, 0.15) is 5.82 Å². The summed E-state index contributed by atoms with van der Waals surface area (Å²) >= 11 is 6.03. The van der Waals surface area contributed by atoms with Crippen LogP contribution in [0.15, 0.2) is 24.3 Å². The molecule has 2 rings (SSSR count). The van der Waals surface area contributed by atoms with Gasteiger partial charge in [-0.1, -0.05) is 23.7 Å². The van der Waals surface area contributed by atoms with E-state index in [1.807, 2.05) is 31.3 Å². The molecule has 0 spiro atoms. The second-order valence-corrected chi connectivity index (χ2v) is 4.82. The van der Waals surface area contributed by atoms with Crippen LogP contribution in [-0.2, 0) is 13.5 Å². The van der Waals surface area contributed by atoms with Gasteiger partial charge in [0.25, 0.3) is 0 Å². The van der Waals surface area contributed by atoms with Gasteiger partial charge in [0.2, 0.25) is 0 Å². The molecule has 1 aromatic heterocycles. The Balaban J connectivity index is 2.39. The highest BCUT2D eigenvalue weighted by molar-refractivity contribution is 6.30. The molecule has 1 aromatic carbocycles. The summed E-state index contributed by atoms with van der Waals surface area (Å²) in [7, 11) is 4.01. The van der Waals surface area contributed by atoms with E-state index >= 15 is 0 Å². The highest BCUT2D eigenvalue weighted by Gasteiger charge is 2.12. The molecule has 0 aliphatic carbocycles. The Bertz CT molecular complexity index is 546. The van der Waals surface area contributed by atoms with E-state index < -0.39 is 0 Å². The van der Waals surface area contributed by atoms with Crippen LogP contribution in [0.1, 0.15) is 11.5 Å². The topological polar surface area (TPSA) is 29.9 Å². The van der Waals surface area contributed by atoms with E-state index in [-0.39, 0.29) is 0 Å². The number of likely N-dealkylation sites (N-methyl/N-ethyl adjacent to an activating group) is 1. The van der Waals surface area contributed by atoms with Crippen LogP contribution in [0.5, 0.6) is 0 Å². The Labute approximate surface area is 113 Å². The van der Waals surface area contributed by atoms with Crippen molar-refractivity contribution in [3.05, 3.63) is 40.8 Å². The van der Waals surface area contributed by atoms with Gasteiger partial charge < -0.3 is 9.88 Å². The van der Waals surface area contributed by atoms with E-state index in [1.165, 1.54) is 5.69 Å². The molecule has 1 N–H and O–H groups in total. The SMILES string of the molecule is CNCCc1nc(-c2cccc(Cl)c2)c(C)n1C. The van der Waals surface area contributed by atoms with Gasteiger partial charge in [-0.25, -0.2) is 4.98 Å². The molecular formula is C14H18ClN3. The molecule has 0 saturated carbocycles. The number of nitrogens with zero attached hydrogens (tertiary/aromatic N) is 2. The molecule has 0 amide bonds. The molecule has 0 aliphatic rings. The van der Waals surface area contributed by atoms with Gasteiger partial charge in [0, 0.05) is 36.3 Å². The number of benzene rings is 1. The molecule has 2 aromatic rings. The molecule has 3 nitrogen and oxygen atoms in total. The molecule has 0 saturated heterocycles. The molecule has 1 heterocycles. The fraction of sp³-hybridized carbons (Fsp3) is 0.357. The van der Waals surface area contributed by atoms with E-state index in [1.54, 1.807) is 0 Å². The van der Waals surface area contributed by atoms with Crippen LogP contribution < -0.4 is 5.32 Å². The predicted octanol–water partition coefficient (Wildman–Crippen LogP) is 2.81. The zero-order chi connectivity index (χ0) is 13.1. The normalized spacial score (nSPS) is 10.9. The lowest BCUT2D eigenvalue weighted by Crippen LogP contribution is -2.13. The summed E-state index contributed by atoms with van der Waals surface area (Å²) in [6, 6.07) is 7.84. The molecule has 96 valence electrons. The van der Waals surface area contributed by atoms with Crippen molar-refractivity contribution >= 4 is 11.6 Å². The minimum Gasteiger partial charge on any atom is -0.335 e. The highest BCUT2D eigenvalue weighted by Crippen LogP contribution is 2.25. The predicted molar refractivity (Wildman–Crippen MR) is 76.0 cm³/mol. The molecule has 18 heavy (non-hydrogen) atoms. The average molecular weight is 264 g/mol. The lowest BCUT2D eigenvalue weighted by atomic mass is 10.1. The van der Waals surface area contributed by atoms with Gasteiger partial charge in [0.15, 0.2) is 0 Å². The summed E-state index contributed by atoms with van der Waals surface area (Å²) in [5.41, 5.74) is 3.26. The average Bonchev–Trinajstić information content (AvgIpc) is 2.64. The molecule has 0 radical (unpaired) electrons. The molecule has 0 unspecified atom stereocenters. The van der Waals surface area contributed by atoms with E-state index in [4.69, 9.17) is 16.6 Å². The second kappa shape index (κ2) is 5.55. The third-order valence-electron chi connectivity index (χ3n) is 3.17. The van der Waals surface area contributed by atoms with E-state index in [0.29, 0.717) is 0 Å². The number of rotatable bonds is 4. The Morgan fingerprint density at radius 2 is 2.17 bits per heavy atom. The van der Waals surface area contributed by atoms with Crippen molar-refractivity contribution in [2.75, 3.05) is 13.6 Å². The Kier molecular flexibility index (Phi) is 4.04. The van der Waals surface area contributed by atoms with Crippen molar-refractivity contribution in [1.29, 1.82) is 0 Å². The fourth-order valence-electron chi connectivity index (χ4n) is 2.01. The third kappa shape index (κ3) is 2.57. The summed E-state index contributed by atoms with van der Waals surface area (Å²) < 4.78 is 2.15. The van der Waals surface area contributed by atoms with Gasteiger partial charge in [-0.2, -0.15) is 0 Å². The molecular weight excluding hydrogens is 246 g/mol. The maximum absolute atomic E-state index is 6.03. The highest BCUT2D eigenvalue weighted by atomic mass is 35.5. The fourth-order valence-corrected chi connectivity index (χ4v) is 2.20. The number of imidazole rings is 1. The standard InChI is InChI=1S/C14H18ClN3/c1-10-14(11-5-4-6-12(15)9-11)17-13(18(10)3)7-8-16-2/h4-6,9,16H,7-8H2,1-3H3. The zero-order valence-corrected chi connectivity index (χ0v) is 11.8. The number of halogens is 1. The first-order valence-electron chi connectivity index (χ1n) is 6.06. The van der Waals surface area contributed by atoms with Crippen molar-refractivity contribution < 1.29 is 0 Å². The summed E-state index contributed by atoms with van der Waals surface area (Å²) in [6.45, 7) is 3.02. The number of nitrogens with one attached hydrogen (secondary N) is 1. The minimum absolute atomic E-state index is 0.745. The molecule has 0 atom stereocenters. The number of aromatic nitrogens is 2. The largest absolute Gasteiger partial charge is 0.335 e. The maximum atomic E-state index is 6.03. The second-order valence-electron chi connectivity index (χ2n) is 4.38. The third-order valence-corrected chi connectivity index (χ3v) is 3.41. The lowest BCUT2D eigenvalue weighted by molar-refractivity contribution is 0.710. The summed E-state index contributed by atoms with van der Waals surface area (Å²) in [5.74, 6) is 1.09. The van der Waals surface area contributed by atoms with Gasteiger partial charge in [-0.3, -0.25) is 0 Å². The first-order valence-corrected chi connectivity index (χ1v) is 6.44. The molecule has 0 fully saturated rings. The smallest absolute Gasteiger partial charge is 0.110 e. The molecule has 0 bridgehead atoms.